The van der Waals surface area contributed by atoms with Gasteiger partial charge in [0.15, 0.2) is 17.2 Å². The number of fused-ring (bicyclic) bond motifs is 3. The molecular formula is C27H25N3O4. The molecule has 0 aliphatic carbocycles. The normalized spacial score (nSPS) is 16.6. The quantitative estimate of drug-likeness (QED) is 0.530. The first kappa shape index (κ1) is 20.6. The number of hydrogen-bond donors (Lipinski definition) is 0. The van der Waals surface area contributed by atoms with Crippen LogP contribution in [-0.2, 0) is 0 Å². The summed E-state index contributed by atoms with van der Waals surface area (Å²) in [7, 11) is 0. The molecule has 34 heavy (non-hydrogen) atoms. The van der Waals surface area contributed by atoms with Crippen molar-refractivity contribution in [1.29, 1.82) is 0 Å². The molecule has 3 aliphatic heterocycles. The average Bonchev–Trinajstić information content (AvgIpc) is 3.10. The van der Waals surface area contributed by atoms with Crippen LogP contribution in [0.2, 0.25) is 0 Å². The highest BCUT2D eigenvalue weighted by molar-refractivity contribution is 6.04. The summed E-state index contributed by atoms with van der Waals surface area (Å²) in [6.45, 7) is 5.05. The van der Waals surface area contributed by atoms with Gasteiger partial charge in [-0.25, -0.2) is 4.99 Å². The molecule has 172 valence electrons. The van der Waals surface area contributed by atoms with Gasteiger partial charge in [0.1, 0.15) is 17.3 Å². The molecule has 1 saturated heterocycles. The van der Waals surface area contributed by atoms with Crippen molar-refractivity contribution in [2.45, 2.75) is 13.3 Å². The predicted molar refractivity (Wildman–Crippen MR) is 129 cm³/mol. The van der Waals surface area contributed by atoms with E-state index in [9.17, 15) is 4.79 Å². The molecule has 3 aliphatic rings. The standard InChI is InChI=1S/C27H25N3O4/c1-18-7-9-22-20(15-18)26(28-21-5-2-3-6-23(21)34-22)29-11-4-12-30(14-13-29)27(31)19-8-10-24-25(16-19)33-17-32-24/h2-3,5-10,15-16H,4,11-14,17H2,1H3. The fraction of sp³-hybridized carbons (Fsp3) is 0.259. The summed E-state index contributed by atoms with van der Waals surface area (Å²) >= 11 is 0. The summed E-state index contributed by atoms with van der Waals surface area (Å²) in [4.78, 5) is 22.5. The summed E-state index contributed by atoms with van der Waals surface area (Å²) < 4.78 is 17.1. The van der Waals surface area contributed by atoms with Gasteiger partial charge in [-0.3, -0.25) is 4.79 Å². The molecule has 1 fully saturated rings. The Hall–Kier alpha value is -4.00. The second-order valence-corrected chi connectivity index (χ2v) is 8.71. The molecule has 3 aromatic rings. The van der Waals surface area contributed by atoms with Gasteiger partial charge in [-0.1, -0.05) is 23.8 Å². The van der Waals surface area contributed by atoms with E-state index in [1.807, 2.05) is 35.2 Å². The van der Waals surface area contributed by atoms with Gasteiger partial charge in [0.05, 0.1) is 5.56 Å². The molecule has 1 amide bonds. The molecule has 0 atom stereocenters. The van der Waals surface area contributed by atoms with Crippen molar-refractivity contribution in [3.63, 3.8) is 0 Å². The Kier molecular flexibility index (Phi) is 5.09. The topological polar surface area (TPSA) is 63.6 Å². The second-order valence-electron chi connectivity index (χ2n) is 8.71. The summed E-state index contributed by atoms with van der Waals surface area (Å²) in [6.07, 6.45) is 0.846. The fourth-order valence-electron chi connectivity index (χ4n) is 4.62. The van der Waals surface area contributed by atoms with Crippen molar-refractivity contribution in [2.24, 2.45) is 4.99 Å². The van der Waals surface area contributed by atoms with E-state index < -0.39 is 0 Å². The molecule has 0 N–H and O–H groups in total. The Labute approximate surface area is 198 Å². The van der Waals surface area contributed by atoms with E-state index in [0.717, 1.165) is 47.1 Å². The maximum Gasteiger partial charge on any atom is 0.254 e. The summed E-state index contributed by atoms with van der Waals surface area (Å²) in [5, 5.41) is 0. The number of nitrogens with zero attached hydrogens (tertiary/aromatic N) is 3. The molecule has 0 radical (unpaired) electrons. The zero-order valence-corrected chi connectivity index (χ0v) is 19.0. The van der Waals surface area contributed by atoms with E-state index >= 15 is 0 Å². The number of ether oxygens (including phenoxy) is 3. The van der Waals surface area contributed by atoms with E-state index in [4.69, 9.17) is 19.2 Å². The van der Waals surface area contributed by atoms with E-state index in [1.165, 1.54) is 0 Å². The van der Waals surface area contributed by atoms with Crippen LogP contribution in [0.25, 0.3) is 0 Å². The lowest BCUT2D eigenvalue weighted by molar-refractivity contribution is 0.0763. The maximum atomic E-state index is 13.3. The van der Waals surface area contributed by atoms with Gasteiger partial charge in [-0.05, 0) is 55.8 Å². The third-order valence-electron chi connectivity index (χ3n) is 6.39. The third kappa shape index (κ3) is 3.73. The van der Waals surface area contributed by atoms with Crippen molar-refractivity contribution < 1.29 is 19.0 Å². The highest BCUT2D eigenvalue weighted by Gasteiger charge is 2.27. The van der Waals surface area contributed by atoms with Crippen LogP contribution >= 0.6 is 0 Å². The van der Waals surface area contributed by atoms with E-state index in [2.05, 4.69) is 24.0 Å². The SMILES string of the molecule is Cc1ccc2c(c1)C(N1CCCN(C(=O)c3ccc4c(c3)OCO4)CC1)=Nc1ccccc1O2. The first-order chi connectivity index (χ1) is 16.7. The lowest BCUT2D eigenvalue weighted by Crippen LogP contribution is -2.37. The van der Waals surface area contributed by atoms with Crippen LogP contribution in [0.15, 0.2) is 65.7 Å². The average molecular weight is 456 g/mol. The molecule has 0 bridgehead atoms. The van der Waals surface area contributed by atoms with E-state index in [1.54, 1.807) is 18.2 Å². The first-order valence-electron chi connectivity index (χ1n) is 11.6. The van der Waals surface area contributed by atoms with Gasteiger partial charge in [0.2, 0.25) is 6.79 Å². The highest BCUT2D eigenvalue weighted by Crippen LogP contribution is 2.38. The number of aryl methyl sites for hydroxylation is 1. The van der Waals surface area contributed by atoms with Gasteiger partial charge in [0, 0.05) is 31.7 Å². The third-order valence-corrected chi connectivity index (χ3v) is 6.39. The Balaban J connectivity index is 1.28. The minimum atomic E-state index is 0.00730. The summed E-state index contributed by atoms with van der Waals surface area (Å²) in [5.74, 6) is 3.75. The van der Waals surface area contributed by atoms with Crippen LogP contribution in [0.3, 0.4) is 0 Å². The summed E-state index contributed by atoms with van der Waals surface area (Å²) in [6, 6.07) is 19.4. The van der Waals surface area contributed by atoms with Crippen LogP contribution in [0, 0.1) is 6.92 Å². The fourth-order valence-corrected chi connectivity index (χ4v) is 4.62. The Morgan fingerprint density at radius 2 is 1.71 bits per heavy atom. The molecule has 3 heterocycles. The van der Waals surface area contributed by atoms with E-state index in [-0.39, 0.29) is 12.7 Å². The molecule has 0 saturated carbocycles. The number of amidine groups is 1. The molecular weight excluding hydrogens is 430 g/mol. The van der Waals surface area contributed by atoms with Gasteiger partial charge < -0.3 is 24.0 Å². The molecule has 0 spiro atoms. The number of amides is 1. The number of hydrogen-bond acceptors (Lipinski definition) is 6. The number of carbonyl (C=O) groups excluding carboxylic acids is 1. The highest BCUT2D eigenvalue weighted by atomic mass is 16.7. The van der Waals surface area contributed by atoms with Gasteiger partial charge in [-0.2, -0.15) is 0 Å². The zero-order valence-electron chi connectivity index (χ0n) is 19.0. The zero-order chi connectivity index (χ0) is 23.1. The number of carbonyl (C=O) groups is 1. The van der Waals surface area contributed by atoms with Crippen LogP contribution in [-0.4, -0.2) is 54.5 Å². The number of para-hydroxylation sites is 2. The predicted octanol–water partition coefficient (Wildman–Crippen LogP) is 4.76. The Morgan fingerprint density at radius 3 is 2.65 bits per heavy atom. The maximum absolute atomic E-state index is 13.3. The van der Waals surface area contributed by atoms with Gasteiger partial charge >= 0.3 is 0 Å². The largest absolute Gasteiger partial charge is 0.454 e. The number of aliphatic imine (C=N–C) groups is 1. The van der Waals surface area contributed by atoms with Gasteiger partial charge in [0.25, 0.3) is 5.91 Å². The minimum Gasteiger partial charge on any atom is -0.454 e. The number of benzene rings is 3. The molecule has 0 aromatic heterocycles. The smallest absolute Gasteiger partial charge is 0.254 e. The van der Waals surface area contributed by atoms with Crippen molar-refractivity contribution in [3.05, 3.63) is 77.4 Å². The molecule has 7 heteroatoms. The number of rotatable bonds is 1. The lowest BCUT2D eigenvalue weighted by Gasteiger charge is -2.25. The molecule has 6 rings (SSSR count). The molecule has 0 unspecified atom stereocenters. The van der Waals surface area contributed by atoms with Crippen LogP contribution in [0.1, 0.15) is 27.9 Å². The lowest BCUT2D eigenvalue weighted by atomic mass is 10.1. The monoisotopic (exact) mass is 455 g/mol. The molecule has 3 aromatic carbocycles. The second kappa shape index (κ2) is 8.41. The van der Waals surface area contributed by atoms with Crippen molar-refractivity contribution in [3.8, 4) is 23.0 Å². The van der Waals surface area contributed by atoms with Crippen molar-refractivity contribution in [2.75, 3.05) is 33.0 Å². The van der Waals surface area contributed by atoms with E-state index in [0.29, 0.717) is 36.7 Å². The Bertz CT molecular complexity index is 1300. The van der Waals surface area contributed by atoms with Crippen molar-refractivity contribution in [1.82, 2.24) is 9.80 Å². The van der Waals surface area contributed by atoms with Crippen LogP contribution in [0.5, 0.6) is 23.0 Å². The van der Waals surface area contributed by atoms with Gasteiger partial charge in [-0.15, -0.1) is 0 Å². The summed E-state index contributed by atoms with van der Waals surface area (Å²) in [5.41, 5.74) is 3.55. The Morgan fingerprint density at radius 1 is 0.853 bits per heavy atom. The minimum absolute atomic E-state index is 0.00730. The molecule has 7 nitrogen and oxygen atoms in total. The van der Waals surface area contributed by atoms with Crippen LogP contribution in [0.4, 0.5) is 5.69 Å². The van der Waals surface area contributed by atoms with Crippen LogP contribution < -0.4 is 14.2 Å². The van der Waals surface area contributed by atoms with Crippen molar-refractivity contribution >= 4 is 17.4 Å². The first-order valence-corrected chi connectivity index (χ1v) is 11.6.